The Morgan fingerprint density at radius 1 is 0.730 bits per heavy atom. The van der Waals surface area contributed by atoms with Crippen molar-refractivity contribution in [3.63, 3.8) is 0 Å². The van der Waals surface area contributed by atoms with Gasteiger partial charge in [0.1, 0.15) is 48.8 Å². The first-order valence-electron chi connectivity index (χ1n) is 12.4. The molecule has 37 heavy (non-hydrogen) atoms. The van der Waals surface area contributed by atoms with Crippen LogP contribution < -0.4 is 10.6 Å². The molecule has 2 aliphatic heterocycles. The van der Waals surface area contributed by atoms with E-state index in [0.717, 1.165) is 0 Å². The van der Waals surface area contributed by atoms with Gasteiger partial charge in [-0.1, -0.05) is 34.6 Å². The molecule has 11 atom stereocenters. The molecule has 11 unspecified atom stereocenters. The van der Waals surface area contributed by atoms with Crippen molar-refractivity contribution in [3.05, 3.63) is 0 Å². The summed E-state index contributed by atoms with van der Waals surface area (Å²) >= 11 is 0. The molecule has 0 spiro atoms. The molecule has 2 saturated heterocycles. The van der Waals surface area contributed by atoms with Crippen LogP contribution in [0.25, 0.3) is 0 Å². The van der Waals surface area contributed by atoms with E-state index in [-0.39, 0.29) is 30.8 Å². The van der Waals surface area contributed by atoms with E-state index < -0.39 is 66.8 Å². The summed E-state index contributed by atoms with van der Waals surface area (Å²) in [6.07, 6.45) is -12.6. The summed E-state index contributed by atoms with van der Waals surface area (Å²) in [5.41, 5.74) is -0.545. The Bertz CT molecular complexity index is 726. The third-order valence-electron chi connectivity index (χ3n) is 6.87. The van der Waals surface area contributed by atoms with Crippen molar-refractivity contribution in [2.24, 2.45) is 11.3 Å². The van der Waals surface area contributed by atoms with E-state index in [1.165, 1.54) is 0 Å². The second kappa shape index (κ2) is 14.6. The van der Waals surface area contributed by atoms with Crippen LogP contribution in [0, 0.1) is 11.3 Å². The van der Waals surface area contributed by atoms with E-state index in [1.807, 2.05) is 13.8 Å². The van der Waals surface area contributed by atoms with Crippen LogP contribution in [0.2, 0.25) is 0 Å². The van der Waals surface area contributed by atoms with Crippen LogP contribution in [0.4, 0.5) is 0 Å². The molecule has 2 amide bonds. The number of rotatable bonds is 8. The number of aliphatic hydroxyl groups is 8. The Kier molecular flexibility index (Phi) is 13.3. The standard InChI is InChI=1S/C12H23NO6.C11H21NO6/c1-4-12(2,3)11(18)13-5-6-7(14)8(15)9(16)10(17)19-6;1-3-5(2)10(16)12-4-6-7(13)8(14)9(15)11(17)18-6/h6-10,14-17H,4-5H2,1-3H3,(H,13,18);5-9,11,13-15,17H,3-4H2,1-2H3,(H,12,16). The SMILES string of the molecule is CCC(C)(C)C(=O)NCC1OC(O)C(O)C(O)C1O.CCC(C)C(=O)NCC1OC(O)C(O)C(O)C1O. The smallest absolute Gasteiger partial charge is 0.225 e. The summed E-state index contributed by atoms with van der Waals surface area (Å²) in [7, 11) is 0. The predicted molar refractivity (Wildman–Crippen MR) is 127 cm³/mol. The molecule has 2 fully saturated rings. The number of amides is 2. The summed E-state index contributed by atoms with van der Waals surface area (Å²) in [6, 6.07) is 0. The van der Waals surface area contributed by atoms with E-state index in [2.05, 4.69) is 10.6 Å². The molecule has 2 heterocycles. The van der Waals surface area contributed by atoms with Gasteiger partial charge in [-0.3, -0.25) is 9.59 Å². The van der Waals surface area contributed by atoms with Gasteiger partial charge in [0.05, 0.1) is 0 Å². The van der Waals surface area contributed by atoms with Crippen LogP contribution in [-0.4, -0.2) is 127 Å². The molecule has 0 bridgehead atoms. The molecule has 2 aliphatic rings. The van der Waals surface area contributed by atoms with Gasteiger partial charge in [0, 0.05) is 24.4 Å². The number of carbonyl (C=O) groups is 2. The summed E-state index contributed by atoms with van der Waals surface area (Å²) in [5, 5.41) is 80.7. The maximum absolute atomic E-state index is 11.8. The molecule has 14 nitrogen and oxygen atoms in total. The maximum atomic E-state index is 11.8. The molecule has 218 valence electrons. The lowest BCUT2D eigenvalue weighted by molar-refractivity contribution is -0.280. The number of nitrogens with one attached hydrogen (secondary N) is 2. The van der Waals surface area contributed by atoms with Gasteiger partial charge >= 0.3 is 0 Å². The van der Waals surface area contributed by atoms with Gasteiger partial charge < -0.3 is 61.0 Å². The number of aliphatic hydroxyl groups excluding tert-OH is 8. The van der Waals surface area contributed by atoms with Crippen LogP contribution in [0.5, 0.6) is 0 Å². The first-order valence-corrected chi connectivity index (χ1v) is 12.4. The zero-order valence-electron chi connectivity index (χ0n) is 21.9. The quantitative estimate of drug-likeness (QED) is 0.143. The highest BCUT2D eigenvalue weighted by atomic mass is 16.6. The predicted octanol–water partition coefficient (Wildman–Crippen LogP) is -3.71. The van der Waals surface area contributed by atoms with Crippen molar-refractivity contribution in [2.45, 2.75) is 109 Å². The molecule has 0 aliphatic carbocycles. The Morgan fingerprint density at radius 2 is 1.14 bits per heavy atom. The highest BCUT2D eigenvalue weighted by Gasteiger charge is 2.44. The summed E-state index contributed by atoms with van der Waals surface area (Å²) < 4.78 is 9.88. The minimum atomic E-state index is -1.58. The fourth-order valence-corrected chi connectivity index (χ4v) is 3.35. The highest BCUT2D eigenvalue weighted by Crippen LogP contribution is 2.22. The third kappa shape index (κ3) is 9.06. The van der Waals surface area contributed by atoms with Gasteiger partial charge in [-0.05, 0) is 12.8 Å². The Balaban J connectivity index is 0.000000371. The van der Waals surface area contributed by atoms with Crippen LogP contribution >= 0.6 is 0 Å². The van der Waals surface area contributed by atoms with Crippen LogP contribution in [-0.2, 0) is 19.1 Å². The fourth-order valence-electron chi connectivity index (χ4n) is 3.35. The van der Waals surface area contributed by atoms with Crippen molar-refractivity contribution in [3.8, 4) is 0 Å². The second-order valence-electron chi connectivity index (χ2n) is 10.1. The number of hydrogen-bond donors (Lipinski definition) is 10. The average molecular weight is 541 g/mol. The maximum Gasteiger partial charge on any atom is 0.225 e. The van der Waals surface area contributed by atoms with Crippen molar-refractivity contribution in [1.82, 2.24) is 10.6 Å². The zero-order valence-corrected chi connectivity index (χ0v) is 21.9. The van der Waals surface area contributed by atoms with E-state index in [0.29, 0.717) is 12.8 Å². The van der Waals surface area contributed by atoms with E-state index in [9.17, 15) is 50.4 Å². The Hall–Kier alpha value is -1.46. The third-order valence-corrected chi connectivity index (χ3v) is 6.87. The minimum Gasteiger partial charge on any atom is -0.388 e. The number of ether oxygens (including phenoxy) is 2. The van der Waals surface area contributed by atoms with Crippen molar-refractivity contribution >= 4 is 11.8 Å². The van der Waals surface area contributed by atoms with Gasteiger partial charge in [-0.25, -0.2) is 0 Å². The van der Waals surface area contributed by atoms with Crippen molar-refractivity contribution < 1.29 is 59.9 Å². The molecule has 14 heteroatoms. The summed E-state index contributed by atoms with van der Waals surface area (Å²) in [4.78, 5) is 23.4. The Morgan fingerprint density at radius 3 is 1.51 bits per heavy atom. The van der Waals surface area contributed by atoms with Crippen molar-refractivity contribution in [1.29, 1.82) is 0 Å². The molecule has 0 aromatic carbocycles. The highest BCUT2D eigenvalue weighted by molar-refractivity contribution is 5.81. The molecule has 0 aromatic heterocycles. The van der Waals surface area contributed by atoms with Crippen LogP contribution in [0.3, 0.4) is 0 Å². The molecule has 0 saturated carbocycles. The molecule has 0 aromatic rings. The van der Waals surface area contributed by atoms with Gasteiger partial charge in [-0.2, -0.15) is 0 Å². The first-order chi connectivity index (χ1) is 17.1. The van der Waals surface area contributed by atoms with Gasteiger partial charge in [0.25, 0.3) is 0 Å². The van der Waals surface area contributed by atoms with Gasteiger partial charge in [0.15, 0.2) is 12.6 Å². The molecular formula is C23H44N2O12. The normalized spacial score (nSPS) is 37.1. The topological polar surface area (TPSA) is 238 Å². The monoisotopic (exact) mass is 540 g/mol. The summed E-state index contributed by atoms with van der Waals surface area (Å²) in [5.74, 6) is -0.560. The minimum absolute atomic E-state index is 0.0365. The second-order valence-corrected chi connectivity index (χ2v) is 10.1. The lowest BCUT2D eigenvalue weighted by Gasteiger charge is -2.38. The average Bonchev–Trinajstić information content (AvgIpc) is 2.88. The van der Waals surface area contributed by atoms with E-state index in [1.54, 1.807) is 20.8 Å². The molecular weight excluding hydrogens is 496 g/mol. The summed E-state index contributed by atoms with van der Waals surface area (Å²) in [6.45, 7) is 9.01. The van der Waals surface area contributed by atoms with Crippen LogP contribution in [0.15, 0.2) is 0 Å². The first kappa shape index (κ1) is 33.6. The zero-order chi connectivity index (χ0) is 28.7. The van der Waals surface area contributed by atoms with Crippen LogP contribution in [0.1, 0.15) is 47.5 Å². The molecule has 10 N–H and O–H groups in total. The van der Waals surface area contributed by atoms with Gasteiger partial charge in [0.2, 0.25) is 11.8 Å². The number of carbonyl (C=O) groups excluding carboxylic acids is 2. The fraction of sp³-hybridized carbons (Fsp3) is 0.913. The van der Waals surface area contributed by atoms with E-state index in [4.69, 9.17) is 9.47 Å². The lowest BCUT2D eigenvalue weighted by atomic mass is 9.89. The van der Waals surface area contributed by atoms with Crippen molar-refractivity contribution in [2.75, 3.05) is 13.1 Å². The lowest BCUT2D eigenvalue weighted by Crippen LogP contribution is -2.60. The van der Waals surface area contributed by atoms with Gasteiger partial charge in [-0.15, -0.1) is 0 Å². The van der Waals surface area contributed by atoms with E-state index >= 15 is 0 Å². The number of hydrogen-bond acceptors (Lipinski definition) is 12. The molecule has 2 rings (SSSR count). The Labute approximate surface area is 216 Å². The largest absolute Gasteiger partial charge is 0.388 e. The molecule has 0 radical (unpaired) electrons.